The topological polar surface area (TPSA) is 150 Å². The van der Waals surface area contributed by atoms with Gasteiger partial charge in [0.15, 0.2) is 11.6 Å². The van der Waals surface area contributed by atoms with Gasteiger partial charge in [0.05, 0.1) is 49.6 Å². The van der Waals surface area contributed by atoms with Crippen molar-refractivity contribution in [1.29, 1.82) is 0 Å². The molecule has 0 bridgehead atoms. The predicted octanol–water partition coefficient (Wildman–Crippen LogP) is 9.23. The average molecular weight is 927 g/mol. The lowest BCUT2D eigenvalue weighted by Crippen LogP contribution is -2.47. The predicted molar refractivity (Wildman–Crippen MR) is 245 cm³/mol. The van der Waals surface area contributed by atoms with Gasteiger partial charge in [0.1, 0.15) is 30.8 Å². The SMILES string of the molecule is Cc1ccc2c(c1)[C@H]1OCC[C@H]1[C@@H](C(C)(C)CCC(=O)c1ccc(OCCOCCCC(=O)N3CCO[C@H](COc4cc(C)c(Br)cc4NC(=O)Nc4cnc(C)cn4)C3)cc1)C2. The summed E-state index contributed by atoms with van der Waals surface area (Å²) in [5, 5.41) is 5.50. The Kier molecular flexibility index (Phi) is 15.5. The van der Waals surface area contributed by atoms with Gasteiger partial charge in [-0.25, -0.2) is 9.78 Å². The van der Waals surface area contributed by atoms with E-state index in [4.69, 9.17) is 23.7 Å². The zero-order chi connectivity index (χ0) is 44.5. The summed E-state index contributed by atoms with van der Waals surface area (Å²) in [6.07, 6.45) is 7.25. The number of urea groups is 1. The van der Waals surface area contributed by atoms with Crippen LogP contribution in [0.4, 0.5) is 16.3 Å². The maximum atomic E-state index is 13.3. The number of hydrogen-bond acceptors (Lipinski definition) is 10. The Balaban J connectivity index is 0.776. The molecule has 4 atom stereocenters. The number of benzene rings is 3. The Hall–Kier alpha value is -4.89. The molecule has 13 nitrogen and oxygen atoms in total. The van der Waals surface area contributed by atoms with Gasteiger partial charge in [-0.1, -0.05) is 53.5 Å². The summed E-state index contributed by atoms with van der Waals surface area (Å²) in [5.74, 6) is 2.61. The van der Waals surface area contributed by atoms with Crippen molar-refractivity contribution in [3.63, 3.8) is 0 Å². The van der Waals surface area contributed by atoms with Crippen molar-refractivity contribution >= 4 is 45.2 Å². The number of Topliss-reactive ketones (excluding diaryl/α,β-unsaturated/α-hetero) is 1. The zero-order valence-corrected chi connectivity index (χ0v) is 38.6. The molecular formula is C49H60BrN5O8. The molecule has 2 fully saturated rings. The number of fused-ring (bicyclic) bond motifs is 3. The molecule has 4 aromatic rings. The van der Waals surface area contributed by atoms with Crippen molar-refractivity contribution in [2.45, 2.75) is 85.4 Å². The van der Waals surface area contributed by atoms with Crippen molar-refractivity contribution in [3.05, 3.63) is 105 Å². The third kappa shape index (κ3) is 12.2. The van der Waals surface area contributed by atoms with E-state index < -0.39 is 6.03 Å². The third-order valence-electron chi connectivity index (χ3n) is 12.5. The minimum atomic E-state index is -0.490. The minimum Gasteiger partial charge on any atom is -0.491 e. The van der Waals surface area contributed by atoms with Gasteiger partial charge in [0.2, 0.25) is 5.91 Å². The fourth-order valence-electron chi connectivity index (χ4n) is 8.88. The highest BCUT2D eigenvalue weighted by Crippen LogP contribution is 2.53. The second-order valence-electron chi connectivity index (χ2n) is 17.6. The number of hydrogen-bond donors (Lipinski definition) is 2. The maximum Gasteiger partial charge on any atom is 0.325 e. The van der Waals surface area contributed by atoms with E-state index in [1.165, 1.54) is 22.9 Å². The number of aromatic nitrogens is 2. The molecule has 3 heterocycles. The lowest BCUT2D eigenvalue weighted by atomic mass is 9.61. The Labute approximate surface area is 379 Å². The van der Waals surface area contributed by atoms with Crippen LogP contribution in [-0.4, -0.2) is 91.4 Å². The van der Waals surface area contributed by atoms with Crippen molar-refractivity contribution in [2.75, 3.05) is 63.4 Å². The number of carbonyl (C=O) groups is 3. The number of nitrogens with zero attached hydrogens (tertiary/aromatic N) is 3. The van der Waals surface area contributed by atoms with Gasteiger partial charge in [0, 0.05) is 42.6 Å². The Morgan fingerprint density at radius 3 is 2.52 bits per heavy atom. The molecule has 63 heavy (non-hydrogen) atoms. The number of halogens is 1. The molecule has 0 radical (unpaired) electrons. The molecule has 2 saturated heterocycles. The molecule has 2 aliphatic heterocycles. The number of ether oxygens (including phenoxy) is 5. The van der Waals surface area contributed by atoms with Gasteiger partial charge >= 0.3 is 6.03 Å². The summed E-state index contributed by atoms with van der Waals surface area (Å²) in [5.41, 5.74) is 6.86. The van der Waals surface area contributed by atoms with Crippen molar-refractivity contribution in [3.8, 4) is 11.5 Å². The summed E-state index contributed by atoms with van der Waals surface area (Å²) in [4.78, 5) is 49.3. The molecule has 2 N–H and O–H groups in total. The average Bonchev–Trinajstić information content (AvgIpc) is 3.77. The van der Waals surface area contributed by atoms with E-state index in [-0.39, 0.29) is 35.9 Å². The Morgan fingerprint density at radius 1 is 0.905 bits per heavy atom. The first-order chi connectivity index (χ1) is 30.3. The molecule has 1 aromatic heterocycles. The fourth-order valence-corrected chi connectivity index (χ4v) is 9.23. The van der Waals surface area contributed by atoms with Gasteiger partial charge in [-0.15, -0.1) is 0 Å². The van der Waals surface area contributed by atoms with Gasteiger partial charge in [0.25, 0.3) is 0 Å². The zero-order valence-electron chi connectivity index (χ0n) is 37.0. The lowest BCUT2D eigenvalue weighted by Gasteiger charge is -2.44. The van der Waals surface area contributed by atoms with Crippen LogP contribution in [0.1, 0.15) is 90.4 Å². The number of morpholine rings is 1. The van der Waals surface area contributed by atoms with Crippen LogP contribution < -0.4 is 20.1 Å². The van der Waals surface area contributed by atoms with Gasteiger partial charge < -0.3 is 33.9 Å². The number of nitrogens with one attached hydrogen (secondary N) is 2. The van der Waals surface area contributed by atoms with Crippen LogP contribution in [0, 0.1) is 38.0 Å². The summed E-state index contributed by atoms with van der Waals surface area (Å²) in [6.45, 7) is 14.0. The number of anilines is 2. The fraction of sp³-hybridized carbons (Fsp3) is 0.490. The summed E-state index contributed by atoms with van der Waals surface area (Å²) < 4.78 is 30.8. The first-order valence-corrected chi connectivity index (χ1v) is 22.9. The van der Waals surface area contributed by atoms with Gasteiger partial charge in [-0.2, -0.15) is 0 Å². The standard InChI is InChI=1S/C49H60BrN5O8/c1-31-8-9-35-25-40(38-15-19-62-47(38)39(35)23-31)49(4,5)16-14-43(56)34-10-12-36(13-11-34)61-22-21-59-18-6-7-46(57)55-17-20-60-37(29-55)30-63-44-24-32(2)41(50)26-42(44)53-48(58)54-45-28-51-33(3)27-52-45/h8-13,23-24,26-28,37-38,40,47H,6-7,14-22,25,29-30H2,1-5H3,(H2,52,53,54,58)/t37-,38-,40-,47-/m0/s1. The Morgan fingerprint density at radius 2 is 1.73 bits per heavy atom. The van der Waals surface area contributed by atoms with Crippen molar-refractivity contribution in [1.82, 2.24) is 14.9 Å². The molecule has 0 unspecified atom stereocenters. The lowest BCUT2D eigenvalue weighted by molar-refractivity contribution is -0.140. The van der Waals surface area contributed by atoms with E-state index in [2.05, 4.69) is 75.5 Å². The van der Waals surface area contributed by atoms with Gasteiger partial charge in [-0.05, 0) is 117 Å². The quantitative estimate of drug-likeness (QED) is 0.0731. The van der Waals surface area contributed by atoms with E-state index in [1.54, 1.807) is 17.2 Å². The molecule has 0 saturated carbocycles. The van der Waals surface area contributed by atoms with Crippen molar-refractivity contribution < 1.29 is 38.1 Å². The molecule has 3 amide bonds. The van der Waals surface area contributed by atoms with Crippen LogP contribution in [0.3, 0.4) is 0 Å². The molecule has 0 spiro atoms. The highest BCUT2D eigenvalue weighted by molar-refractivity contribution is 9.10. The van der Waals surface area contributed by atoms with Crippen LogP contribution in [0.2, 0.25) is 0 Å². The highest BCUT2D eigenvalue weighted by Gasteiger charge is 2.46. The maximum absolute atomic E-state index is 13.3. The molecule has 7 rings (SSSR count). The van der Waals surface area contributed by atoms with Crippen LogP contribution >= 0.6 is 15.9 Å². The highest BCUT2D eigenvalue weighted by atomic mass is 79.9. The van der Waals surface area contributed by atoms with E-state index in [0.717, 1.165) is 41.6 Å². The summed E-state index contributed by atoms with van der Waals surface area (Å²) in [7, 11) is 0. The molecular weight excluding hydrogens is 866 g/mol. The van der Waals surface area contributed by atoms with E-state index in [0.29, 0.717) is 99.2 Å². The second-order valence-corrected chi connectivity index (χ2v) is 18.5. The number of amides is 3. The first kappa shape index (κ1) is 46.1. The van der Waals surface area contributed by atoms with E-state index >= 15 is 0 Å². The molecule has 14 heteroatoms. The summed E-state index contributed by atoms with van der Waals surface area (Å²) in [6, 6.07) is 17.3. The monoisotopic (exact) mass is 925 g/mol. The van der Waals surface area contributed by atoms with Gasteiger partial charge in [-0.3, -0.25) is 19.9 Å². The Bertz CT molecular complexity index is 2220. The number of rotatable bonds is 18. The minimum absolute atomic E-state index is 0.000194. The molecule has 3 aliphatic rings. The molecule has 3 aromatic carbocycles. The normalized spacial score (nSPS) is 19.5. The smallest absolute Gasteiger partial charge is 0.325 e. The summed E-state index contributed by atoms with van der Waals surface area (Å²) >= 11 is 3.53. The van der Waals surface area contributed by atoms with E-state index in [1.807, 2.05) is 44.2 Å². The van der Waals surface area contributed by atoms with Crippen LogP contribution in [0.5, 0.6) is 11.5 Å². The molecule has 1 aliphatic carbocycles. The van der Waals surface area contributed by atoms with Crippen LogP contribution in [-0.2, 0) is 25.4 Å². The van der Waals surface area contributed by atoms with Crippen LogP contribution in [0.25, 0.3) is 0 Å². The number of aryl methyl sites for hydroxylation is 3. The van der Waals surface area contributed by atoms with E-state index in [9.17, 15) is 14.4 Å². The largest absolute Gasteiger partial charge is 0.491 e. The van der Waals surface area contributed by atoms with Crippen LogP contribution in [0.15, 0.2) is 71.5 Å². The third-order valence-corrected chi connectivity index (χ3v) is 13.4. The molecule has 336 valence electrons. The number of carbonyl (C=O) groups excluding carboxylic acids is 3. The second kappa shape index (κ2) is 21.2. The number of ketones is 1. The van der Waals surface area contributed by atoms with Crippen molar-refractivity contribution in [2.24, 2.45) is 17.3 Å². The first-order valence-electron chi connectivity index (χ1n) is 22.1.